The van der Waals surface area contributed by atoms with Crippen LogP contribution in [0.25, 0.3) is 11.1 Å². The molecule has 3 rings (SSSR count). The van der Waals surface area contributed by atoms with E-state index in [1.807, 2.05) is 13.8 Å². The van der Waals surface area contributed by atoms with Crippen LogP contribution in [0.3, 0.4) is 0 Å². The molecule has 0 saturated heterocycles. The summed E-state index contributed by atoms with van der Waals surface area (Å²) in [4.78, 5) is 29.9. The highest BCUT2D eigenvalue weighted by Crippen LogP contribution is 2.26. The van der Waals surface area contributed by atoms with Crippen LogP contribution in [0.4, 0.5) is 5.69 Å². The van der Waals surface area contributed by atoms with E-state index in [1.54, 1.807) is 37.3 Å². The number of carbonyl (C=O) groups excluding carboxylic acids is 2. The largest absolute Gasteiger partial charge is 0.351 e. The lowest BCUT2D eigenvalue weighted by molar-refractivity contribution is 0.0955. The number of nitrogens with one attached hydrogen (secondary N) is 2. The Hall–Kier alpha value is -3.26. The van der Waals surface area contributed by atoms with Crippen molar-refractivity contribution in [2.45, 2.75) is 26.7 Å². The predicted molar refractivity (Wildman–Crippen MR) is 106 cm³/mol. The molecule has 3 aromatic rings. The molecule has 0 aliphatic heterocycles. The molecule has 8 heteroatoms. The summed E-state index contributed by atoms with van der Waals surface area (Å²) in [6, 6.07) is 8.55. The van der Waals surface area contributed by atoms with Gasteiger partial charge in [0, 0.05) is 18.8 Å². The number of fused-ring (bicyclic) bond motifs is 1. The van der Waals surface area contributed by atoms with Gasteiger partial charge in [0.15, 0.2) is 0 Å². The average molecular weight is 381 g/mol. The Morgan fingerprint density at radius 3 is 2.64 bits per heavy atom. The fourth-order valence-corrected chi connectivity index (χ4v) is 2.85. The van der Waals surface area contributed by atoms with Gasteiger partial charge in [-0.2, -0.15) is 0 Å². The van der Waals surface area contributed by atoms with Gasteiger partial charge in [0.1, 0.15) is 0 Å². The lowest BCUT2D eigenvalue weighted by atomic mass is 10.0. The van der Waals surface area contributed by atoms with Crippen LogP contribution in [-0.2, 0) is 0 Å². The van der Waals surface area contributed by atoms with Crippen molar-refractivity contribution in [1.82, 2.24) is 15.5 Å². The first-order valence-corrected chi connectivity index (χ1v) is 9.08. The lowest BCUT2D eigenvalue weighted by Crippen LogP contribution is -2.30. The molecular formula is C20H23N5O3. The van der Waals surface area contributed by atoms with Gasteiger partial charge >= 0.3 is 0 Å². The third kappa shape index (κ3) is 3.86. The van der Waals surface area contributed by atoms with Gasteiger partial charge in [-0.3, -0.25) is 9.59 Å². The van der Waals surface area contributed by atoms with E-state index < -0.39 is 0 Å². The molecule has 4 N–H and O–H groups in total. The number of pyridine rings is 1. The van der Waals surface area contributed by atoms with Gasteiger partial charge in [0.25, 0.3) is 17.5 Å². The third-order valence-electron chi connectivity index (χ3n) is 4.32. The van der Waals surface area contributed by atoms with Crippen molar-refractivity contribution in [3.63, 3.8) is 0 Å². The first kappa shape index (κ1) is 19.5. The molecule has 0 saturated carbocycles. The zero-order chi connectivity index (χ0) is 20.3. The Morgan fingerprint density at radius 1 is 1.18 bits per heavy atom. The maximum atomic E-state index is 13.1. The smallest absolute Gasteiger partial charge is 0.259 e. The molecule has 2 aromatic heterocycles. The molecule has 146 valence electrons. The van der Waals surface area contributed by atoms with E-state index in [1.165, 1.54) is 0 Å². The van der Waals surface area contributed by atoms with Crippen molar-refractivity contribution in [1.29, 1.82) is 0 Å². The van der Waals surface area contributed by atoms with E-state index >= 15 is 0 Å². The number of anilines is 1. The monoisotopic (exact) mass is 381 g/mol. The first-order valence-electron chi connectivity index (χ1n) is 9.08. The van der Waals surface area contributed by atoms with Crippen molar-refractivity contribution in [2.75, 3.05) is 18.4 Å². The summed E-state index contributed by atoms with van der Waals surface area (Å²) in [7, 11) is 0. The average Bonchev–Trinajstić information content (AvgIpc) is 3.06. The summed E-state index contributed by atoms with van der Waals surface area (Å²) in [5.41, 5.74) is 8.25. The molecule has 28 heavy (non-hydrogen) atoms. The SMILES string of the molecule is Cc1noc2nc(C(C)C)cc(C(=O)Nc3ccccc3C(=O)NCCN)c12. The van der Waals surface area contributed by atoms with Crippen LogP contribution in [0, 0.1) is 6.92 Å². The normalized spacial score (nSPS) is 11.0. The number of nitrogens with two attached hydrogens (primary N) is 1. The number of aromatic nitrogens is 2. The molecule has 0 unspecified atom stereocenters. The summed E-state index contributed by atoms with van der Waals surface area (Å²) in [6.07, 6.45) is 0. The predicted octanol–water partition coefficient (Wildman–Crippen LogP) is 2.60. The number of benzene rings is 1. The summed E-state index contributed by atoms with van der Waals surface area (Å²) in [6.45, 7) is 6.41. The van der Waals surface area contributed by atoms with Crippen LogP contribution in [0.5, 0.6) is 0 Å². The van der Waals surface area contributed by atoms with Crippen LogP contribution in [0.15, 0.2) is 34.9 Å². The van der Waals surface area contributed by atoms with Crippen LogP contribution in [0.1, 0.15) is 51.9 Å². The number of carbonyl (C=O) groups is 2. The zero-order valence-electron chi connectivity index (χ0n) is 16.1. The second kappa shape index (κ2) is 8.18. The number of nitrogens with zero attached hydrogens (tertiary/aromatic N) is 2. The topological polar surface area (TPSA) is 123 Å². The number of para-hydroxylation sites is 1. The van der Waals surface area contributed by atoms with Crippen LogP contribution >= 0.6 is 0 Å². The quantitative estimate of drug-likeness (QED) is 0.603. The molecule has 0 aliphatic rings. The first-order chi connectivity index (χ1) is 13.4. The number of hydrogen-bond donors (Lipinski definition) is 3. The zero-order valence-corrected chi connectivity index (χ0v) is 16.1. The number of aryl methyl sites for hydroxylation is 1. The van der Waals surface area contributed by atoms with Gasteiger partial charge in [0.2, 0.25) is 0 Å². The van der Waals surface area contributed by atoms with Gasteiger partial charge in [0.05, 0.1) is 27.9 Å². The second-order valence-corrected chi connectivity index (χ2v) is 6.74. The van der Waals surface area contributed by atoms with Gasteiger partial charge < -0.3 is 20.9 Å². The van der Waals surface area contributed by atoms with Crippen molar-refractivity contribution < 1.29 is 14.1 Å². The summed E-state index contributed by atoms with van der Waals surface area (Å²) in [5.74, 6) is -0.555. The van der Waals surface area contributed by atoms with Crippen molar-refractivity contribution >= 4 is 28.6 Å². The number of hydrogen-bond acceptors (Lipinski definition) is 6. The molecule has 2 heterocycles. The van der Waals surface area contributed by atoms with Crippen LogP contribution in [0.2, 0.25) is 0 Å². The Kier molecular flexibility index (Phi) is 5.70. The Bertz CT molecular complexity index is 1030. The molecular weight excluding hydrogens is 358 g/mol. The highest BCUT2D eigenvalue weighted by atomic mass is 16.5. The van der Waals surface area contributed by atoms with E-state index in [9.17, 15) is 9.59 Å². The fourth-order valence-electron chi connectivity index (χ4n) is 2.85. The highest BCUT2D eigenvalue weighted by Gasteiger charge is 2.21. The molecule has 0 fully saturated rings. The molecule has 0 spiro atoms. The second-order valence-electron chi connectivity index (χ2n) is 6.74. The Balaban J connectivity index is 1.98. The molecule has 0 radical (unpaired) electrons. The van der Waals surface area contributed by atoms with Crippen molar-refractivity contribution in [2.24, 2.45) is 5.73 Å². The number of amides is 2. The van der Waals surface area contributed by atoms with E-state index in [2.05, 4.69) is 20.8 Å². The summed E-state index contributed by atoms with van der Waals surface area (Å²) < 4.78 is 5.27. The minimum atomic E-state index is -0.361. The standard InChI is InChI=1S/C20H23N5O3/c1-11(2)16-10-14(17-12(3)25-28-20(17)24-16)19(27)23-15-7-5-4-6-13(15)18(26)22-9-8-21/h4-7,10-11H,8-9,21H2,1-3H3,(H,22,26)(H,23,27). The van der Waals surface area contributed by atoms with Gasteiger partial charge in [-0.1, -0.05) is 31.1 Å². The Morgan fingerprint density at radius 2 is 1.93 bits per heavy atom. The maximum absolute atomic E-state index is 13.1. The van der Waals surface area contributed by atoms with Crippen LogP contribution in [-0.4, -0.2) is 35.0 Å². The molecule has 2 amide bonds. The molecule has 8 nitrogen and oxygen atoms in total. The van der Waals surface area contributed by atoms with E-state index in [-0.39, 0.29) is 17.7 Å². The van der Waals surface area contributed by atoms with Gasteiger partial charge in [-0.25, -0.2) is 4.98 Å². The molecule has 0 atom stereocenters. The lowest BCUT2D eigenvalue weighted by Gasteiger charge is -2.13. The minimum Gasteiger partial charge on any atom is -0.351 e. The third-order valence-corrected chi connectivity index (χ3v) is 4.32. The van der Waals surface area contributed by atoms with E-state index in [4.69, 9.17) is 10.3 Å². The van der Waals surface area contributed by atoms with E-state index in [0.717, 1.165) is 5.69 Å². The summed E-state index contributed by atoms with van der Waals surface area (Å²) >= 11 is 0. The minimum absolute atomic E-state index is 0.107. The molecule has 1 aromatic carbocycles. The van der Waals surface area contributed by atoms with Crippen LogP contribution < -0.4 is 16.4 Å². The molecule has 0 aliphatic carbocycles. The van der Waals surface area contributed by atoms with E-state index in [0.29, 0.717) is 46.7 Å². The Labute approximate surface area is 162 Å². The molecule has 0 bridgehead atoms. The van der Waals surface area contributed by atoms with Crippen molar-refractivity contribution in [3.8, 4) is 0 Å². The van der Waals surface area contributed by atoms with Gasteiger partial charge in [-0.15, -0.1) is 0 Å². The summed E-state index contributed by atoms with van der Waals surface area (Å²) in [5, 5.41) is 10.0. The highest BCUT2D eigenvalue weighted by molar-refractivity contribution is 6.14. The van der Waals surface area contributed by atoms with Crippen molar-refractivity contribution in [3.05, 3.63) is 52.8 Å². The maximum Gasteiger partial charge on any atom is 0.259 e. The number of rotatable bonds is 6. The fraction of sp³-hybridized carbons (Fsp3) is 0.300. The van der Waals surface area contributed by atoms with Gasteiger partial charge in [-0.05, 0) is 31.0 Å².